The van der Waals surface area contributed by atoms with Crippen LogP contribution in [0.2, 0.25) is 0 Å². The van der Waals surface area contributed by atoms with Crippen molar-refractivity contribution in [2.45, 2.75) is 11.8 Å². The molecule has 1 aromatic heterocycles. The number of rotatable bonds is 5. The molecule has 2 amide bonds. The highest BCUT2D eigenvalue weighted by atomic mass is 32.2. The van der Waals surface area contributed by atoms with Gasteiger partial charge in [-0.1, -0.05) is 0 Å². The first-order chi connectivity index (χ1) is 13.3. The van der Waals surface area contributed by atoms with Gasteiger partial charge in [-0.05, 0) is 24.3 Å². The molecule has 10 nitrogen and oxygen atoms in total. The van der Waals surface area contributed by atoms with E-state index in [1.165, 1.54) is 30.6 Å². The van der Waals surface area contributed by atoms with E-state index < -0.39 is 21.8 Å². The topological polar surface area (TPSA) is 131 Å². The fourth-order valence-electron chi connectivity index (χ4n) is 2.60. The molecule has 3 rings (SSSR count). The molecular formula is C17H19N5O5S. The van der Waals surface area contributed by atoms with E-state index in [4.69, 9.17) is 4.74 Å². The van der Waals surface area contributed by atoms with Crippen LogP contribution in [0.15, 0.2) is 41.6 Å². The van der Waals surface area contributed by atoms with Gasteiger partial charge in [-0.15, -0.1) is 0 Å². The highest BCUT2D eigenvalue weighted by Crippen LogP contribution is 2.16. The summed E-state index contributed by atoms with van der Waals surface area (Å²) in [5.74, 6) is -0.494. The predicted molar refractivity (Wildman–Crippen MR) is 100 cm³/mol. The van der Waals surface area contributed by atoms with Gasteiger partial charge in [0.1, 0.15) is 17.8 Å². The van der Waals surface area contributed by atoms with Gasteiger partial charge in [0.15, 0.2) is 0 Å². The fraction of sp³-hybridized carbons (Fsp3) is 0.294. The Labute approximate surface area is 162 Å². The first-order valence-corrected chi connectivity index (χ1v) is 9.93. The van der Waals surface area contributed by atoms with Gasteiger partial charge < -0.3 is 15.0 Å². The van der Waals surface area contributed by atoms with Gasteiger partial charge in [0.05, 0.1) is 18.1 Å². The third kappa shape index (κ3) is 4.81. The van der Waals surface area contributed by atoms with Crippen molar-refractivity contribution in [3.8, 4) is 0 Å². The summed E-state index contributed by atoms with van der Waals surface area (Å²) < 4.78 is 31.0. The molecule has 0 saturated carbocycles. The summed E-state index contributed by atoms with van der Waals surface area (Å²) >= 11 is 0. The molecule has 0 aliphatic carbocycles. The minimum Gasteiger partial charge on any atom is -0.378 e. The maximum absolute atomic E-state index is 12.5. The monoisotopic (exact) mass is 405 g/mol. The SMILES string of the molecule is CC(=O)NS(=O)(=O)c1ccc(NC(=O)c2cc(N3CCOCC3)ncn2)cc1. The quantitative estimate of drug-likeness (QED) is 0.731. The Morgan fingerprint density at radius 2 is 1.79 bits per heavy atom. The number of benzene rings is 1. The number of amides is 2. The summed E-state index contributed by atoms with van der Waals surface area (Å²) in [5, 5.41) is 2.65. The minimum atomic E-state index is -3.92. The third-order valence-corrected chi connectivity index (χ3v) is 5.37. The van der Waals surface area contributed by atoms with E-state index in [0.29, 0.717) is 37.8 Å². The summed E-state index contributed by atoms with van der Waals surface area (Å²) in [6.45, 7) is 3.67. The largest absolute Gasteiger partial charge is 0.378 e. The minimum absolute atomic E-state index is 0.0858. The summed E-state index contributed by atoms with van der Waals surface area (Å²) in [7, 11) is -3.92. The van der Waals surface area contributed by atoms with Crippen LogP contribution in [-0.4, -0.2) is 56.5 Å². The number of hydrogen-bond acceptors (Lipinski definition) is 8. The Morgan fingerprint density at radius 1 is 1.11 bits per heavy atom. The highest BCUT2D eigenvalue weighted by Gasteiger charge is 2.17. The predicted octanol–water partition coefficient (Wildman–Crippen LogP) is 0.390. The number of carbonyl (C=O) groups excluding carboxylic acids is 2. The summed E-state index contributed by atoms with van der Waals surface area (Å²) in [4.78, 5) is 33.5. The molecule has 2 heterocycles. The zero-order valence-corrected chi connectivity index (χ0v) is 15.9. The number of ether oxygens (including phenoxy) is 1. The number of aromatic nitrogens is 2. The molecule has 2 N–H and O–H groups in total. The average Bonchev–Trinajstić information content (AvgIpc) is 2.68. The fourth-order valence-corrected chi connectivity index (χ4v) is 3.59. The molecule has 0 radical (unpaired) electrons. The number of nitrogens with one attached hydrogen (secondary N) is 2. The molecule has 1 fully saturated rings. The lowest BCUT2D eigenvalue weighted by Crippen LogP contribution is -2.37. The number of carbonyl (C=O) groups is 2. The second-order valence-electron chi connectivity index (χ2n) is 6.00. The van der Waals surface area contributed by atoms with Crippen molar-refractivity contribution < 1.29 is 22.7 Å². The van der Waals surface area contributed by atoms with E-state index in [-0.39, 0.29) is 10.6 Å². The van der Waals surface area contributed by atoms with E-state index in [1.54, 1.807) is 6.07 Å². The van der Waals surface area contributed by atoms with Crippen LogP contribution in [0.3, 0.4) is 0 Å². The number of anilines is 2. The second kappa shape index (κ2) is 8.31. The lowest BCUT2D eigenvalue weighted by molar-refractivity contribution is -0.117. The van der Waals surface area contributed by atoms with E-state index in [2.05, 4.69) is 15.3 Å². The van der Waals surface area contributed by atoms with Crippen molar-refractivity contribution in [3.63, 3.8) is 0 Å². The molecule has 0 atom stereocenters. The van der Waals surface area contributed by atoms with Crippen LogP contribution in [0.1, 0.15) is 17.4 Å². The van der Waals surface area contributed by atoms with Crippen molar-refractivity contribution in [1.29, 1.82) is 0 Å². The molecule has 1 aliphatic rings. The maximum Gasteiger partial charge on any atom is 0.274 e. The van der Waals surface area contributed by atoms with Gasteiger partial charge in [-0.25, -0.2) is 23.1 Å². The Bertz CT molecular complexity index is 972. The molecule has 0 unspecified atom stereocenters. The van der Waals surface area contributed by atoms with Crippen LogP contribution >= 0.6 is 0 Å². The number of morpholine rings is 1. The Hall–Kier alpha value is -3.05. The summed E-state index contributed by atoms with van der Waals surface area (Å²) in [5.41, 5.74) is 0.574. The number of nitrogens with zero attached hydrogens (tertiary/aromatic N) is 3. The van der Waals surface area contributed by atoms with E-state index in [9.17, 15) is 18.0 Å². The van der Waals surface area contributed by atoms with Crippen molar-refractivity contribution in [1.82, 2.24) is 14.7 Å². The third-order valence-electron chi connectivity index (χ3n) is 3.92. The lowest BCUT2D eigenvalue weighted by Gasteiger charge is -2.27. The zero-order valence-electron chi connectivity index (χ0n) is 15.1. The number of hydrogen-bond donors (Lipinski definition) is 2. The summed E-state index contributed by atoms with van der Waals surface area (Å²) in [6.07, 6.45) is 1.32. The van der Waals surface area contributed by atoms with Gasteiger partial charge in [-0.2, -0.15) is 0 Å². The molecule has 1 saturated heterocycles. The first-order valence-electron chi connectivity index (χ1n) is 8.45. The Morgan fingerprint density at radius 3 is 2.43 bits per heavy atom. The van der Waals surface area contributed by atoms with Crippen LogP contribution in [0.5, 0.6) is 0 Å². The maximum atomic E-state index is 12.5. The first kappa shape index (κ1) is 19.7. The molecule has 148 valence electrons. The van der Waals surface area contributed by atoms with Crippen molar-refractivity contribution in [3.05, 3.63) is 42.4 Å². The Kier molecular flexibility index (Phi) is 5.85. The molecular weight excluding hydrogens is 386 g/mol. The number of sulfonamides is 1. The van der Waals surface area contributed by atoms with E-state index in [0.717, 1.165) is 6.92 Å². The van der Waals surface area contributed by atoms with Crippen LogP contribution in [0.4, 0.5) is 11.5 Å². The second-order valence-corrected chi connectivity index (χ2v) is 7.68. The van der Waals surface area contributed by atoms with Crippen molar-refractivity contribution >= 4 is 33.3 Å². The van der Waals surface area contributed by atoms with Crippen molar-refractivity contribution in [2.75, 3.05) is 36.5 Å². The Balaban J connectivity index is 1.70. The van der Waals surface area contributed by atoms with Gasteiger partial charge in [-0.3, -0.25) is 9.59 Å². The van der Waals surface area contributed by atoms with Crippen LogP contribution in [0, 0.1) is 0 Å². The van der Waals surface area contributed by atoms with Gasteiger partial charge in [0.25, 0.3) is 15.9 Å². The molecule has 1 aromatic carbocycles. The highest BCUT2D eigenvalue weighted by molar-refractivity contribution is 7.90. The molecule has 0 bridgehead atoms. The molecule has 2 aromatic rings. The average molecular weight is 405 g/mol. The van der Waals surface area contributed by atoms with Crippen molar-refractivity contribution in [2.24, 2.45) is 0 Å². The smallest absolute Gasteiger partial charge is 0.274 e. The summed E-state index contributed by atoms with van der Waals surface area (Å²) in [6, 6.07) is 7.03. The van der Waals surface area contributed by atoms with Crippen LogP contribution in [-0.2, 0) is 19.6 Å². The zero-order chi connectivity index (χ0) is 20.1. The van der Waals surface area contributed by atoms with E-state index in [1.807, 2.05) is 9.62 Å². The van der Waals surface area contributed by atoms with Crippen LogP contribution in [0.25, 0.3) is 0 Å². The van der Waals surface area contributed by atoms with E-state index >= 15 is 0 Å². The normalized spacial score (nSPS) is 14.4. The van der Waals surface area contributed by atoms with Crippen LogP contribution < -0.4 is 14.9 Å². The molecule has 0 spiro atoms. The molecule has 1 aliphatic heterocycles. The molecule has 28 heavy (non-hydrogen) atoms. The molecule has 11 heteroatoms. The van der Waals surface area contributed by atoms with Gasteiger partial charge in [0, 0.05) is 31.8 Å². The van der Waals surface area contributed by atoms with Gasteiger partial charge in [0.2, 0.25) is 5.91 Å². The lowest BCUT2D eigenvalue weighted by atomic mass is 10.3. The standard InChI is InChI=1S/C17H19N5O5S/c1-12(23)21-28(25,26)14-4-2-13(3-5-14)20-17(24)15-10-16(19-11-18-15)22-6-8-27-9-7-22/h2-5,10-11H,6-9H2,1H3,(H,20,24)(H,21,23). The van der Waals surface area contributed by atoms with Gasteiger partial charge >= 0.3 is 0 Å².